The predicted molar refractivity (Wildman–Crippen MR) is 77.3 cm³/mol. The standard InChI is InChI=1S/C14H19N5O3/c1-19-7-6-15-12(19)11-17-9(10(20)14(22)18-11)13(21)16-8-4-2-3-5-8/h6-8,11,17,20H,2-5H2,1H3,(H,16,21)(H,18,22). The van der Waals surface area contributed by atoms with Crippen LogP contribution in [0.25, 0.3) is 0 Å². The molecule has 22 heavy (non-hydrogen) atoms. The molecule has 2 aliphatic rings. The van der Waals surface area contributed by atoms with Crippen LogP contribution in [0.3, 0.4) is 0 Å². The van der Waals surface area contributed by atoms with E-state index in [0.29, 0.717) is 5.82 Å². The molecule has 0 spiro atoms. The Balaban J connectivity index is 1.79. The molecule has 2 heterocycles. The van der Waals surface area contributed by atoms with Crippen LogP contribution in [0, 0.1) is 0 Å². The van der Waals surface area contributed by atoms with E-state index in [1.807, 2.05) is 0 Å². The fourth-order valence-corrected chi connectivity index (χ4v) is 2.85. The van der Waals surface area contributed by atoms with E-state index in [-0.39, 0.29) is 11.7 Å². The van der Waals surface area contributed by atoms with Gasteiger partial charge in [-0.3, -0.25) is 9.59 Å². The van der Waals surface area contributed by atoms with Crippen LogP contribution in [0.1, 0.15) is 37.7 Å². The summed E-state index contributed by atoms with van der Waals surface area (Å²) >= 11 is 0. The van der Waals surface area contributed by atoms with Gasteiger partial charge in [-0.15, -0.1) is 0 Å². The maximum atomic E-state index is 12.3. The van der Waals surface area contributed by atoms with E-state index in [2.05, 4.69) is 20.9 Å². The van der Waals surface area contributed by atoms with Crippen molar-refractivity contribution in [2.24, 2.45) is 7.05 Å². The summed E-state index contributed by atoms with van der Waals surface area (Å²) in [5, 5.41) is 18.2. The number of carbonyl (C=O) groups excluding carboxylic acids is 2. The van der Waals surface area contributed by atoms with Crippen LogP contribution in [0.15, 0.2) is 23.8 Å². The Morgan fingerprint density at radius 2 is 2.14 bits per heavy atom. The quantitative estimate of drug-likeness (QED) is 0.627. The number of nitrogens with zero attached hydrogens (tertiary/aromatic N) is 2. The van der Waals surface area contributed by atoms with Crippen molar-refractivity contribution in [3.63, 3.8) is 0 Å². The first-order valence-corrected chi connectivity index (χ1v) is 7.35. The molecule has 1 saturated carbocycles. The number of aromatic nitrogens is 2. The third-order valence-corrected chi connectivity index (χ3v) is 4.05. The molecule has 1 aliphatic heterocycles. The Bertz CT molecular complexity index is 630. The van der Waals surface area contributed by atoms with E-state index < -0.39 is 23.7 Å². The van der Waals surface area contributed by atoms with Gasteiger partial charge in [-0.1, -0.05) is 12.8 Å². The molecule has 4 N–H and O–H groups in total. The van der Waals surface area contributed by atoms with Gasteiger partial charge in [-0.2, -0.15) is 0 Å². The zero-order valence-corrected chi connectivity index (χ0v) is 12.3. The first kappa shape index (κ1) is 14.4. The van der Waals surface area contributed by atoms with Gasteiger partial charge in [0.1, 0.15) is 0 Å². The minimum absolute atomic E-state index is 0.103. The number of imidazole rings is 1. The molecule has 1 aromatic heterocycles. The molecule has 0 aromatic carbocycles. The molecule has 0 saturated heterocycles. The summed E-state index contributed by atoms with van der Waals surface area (Å²) in [5.41, 5.74) is -0.108. The summed E-state index contributed by atoms with van der Waals surface area (Å²) in [5.74, 6) is -1.20. The van der Waals surface area contributed by atoms with Gasteiger partial charge in [0.2, 0.25) is 5.76 Å². The number of aliphatic hydroxyl groups excluding tert-OH is 1. The van der Waals surface area contributed by atoms with Crippen LogP contribution in [0.2, 0.25) is 0 Å². The predicted octanol–water partition coefficient (Wildman–Crippen LogP) is -0.0335. The zero-order chi connectivity index (χ0) is 15.7. The number of aliphatic hydroxyl groups is 1. The van der Waals surface area contributed by atoms with Gasteiger partial charge in [-0.05, 0) is 12.8 Å². The molecule has 1 aromatic rings. The zero-order valence-electron chi connectivity index (χ0n) is 12.3. The van der Waals surface area contributed by atoms with Gasteiger partial charge in [0.25, 0.3) is 11.8 Å². The highest BCUT2D eigenvalue weighted by Gasteiger charge is 2.33. The average Bonchev–Trinajstić information content (AvgIpc) is 3.13. The van der Waals surface area contributed by atoms with E-state index in [1.54, 1.807) is 24.0 Å². The van der Waals surface area contributed by atoms with Crippen LogP contribution in [-0.4, -0.2) is 32.5 Å². The monoisotopic (exact) mass is 305 g/mol. The van der Waals surface area contributed by atoms with Crippen LogP contribution in [0.4, 0.5) is 0 Å². The number of carbonyl (C=O) groups is 2. The van der Waals surface area contributed by atoms with E-state index >= 15 is 0 Å². The normalized spacial score (nSPS) is 22.4. The lowest BCUT2D eigenvalue weighted by Crippen LogP contribution is -2.50. The van der Waals surface area contributed by atoms with Crippen molar-refractivity contribution in [2.75, 3.05) is 0 Å². The third kappa shape index (κ3) is 2.63. The Hall–Kier alpha value is -2.51. The van der Waals surface area contributed by atoms with Crippen molar-refractivity contribution in [1.29, 1.82) is 0 Å². The number of amides is 2. The van der Waals surface area contributed by atoms with Gasteiger partial charge >= 0.3 is 0 Å². The molecular formula is C14H19N5O3. The fourth-order valence-electron chi connectivity index (χ4n) is 2.85. The summed E-state index contributed by atoms with van der Waals surface area (Å²) in [4.78, 5) is 28.3. The Kier molecular flexibility index (Phi) is 3.74. The minimum Gasteiger partial charge on any atom is -0.501 e. The van der Waals surface area contributed by atoms with Crippen LogP contribution in [0.5, 0.6) is 0 Å². The second-order valence-electron chi connectivity index (χ2n) is 5.63. The second kappa shape index (κ2) is 5.70. The average molecular weight is 305 g/mol. The topological polar surface area (TPSA) is 108 Å². The van der Waals surface area contributed by atoms with Crippen molar-refractivity contribution in [3.05, 3.63) is 29.7 Å². The van der Waals surface area contributed by atoms with Crippen LogP contribution in [-0.2, 0) is 16.6 Å². The molecule has 8 heteroatoms. The van der Waals surface area contributed by atoms with Gasteiger partial charge in [0.05, 0.1) is 0 Å². The molecule has 3 rings (SSSR count). The van der Waals surface area contributed by atoms with E-state index in [4.69, 9.17) is 0 Å². The number of hydrogen-bond acceptors (Lipinski definition) is 5. The molecular weight excluding hydrogens is 286 g/mol. The molecule has 1 atom stereocenters. The highest BCUT2D eigenvalue weighted by molar-refractivity contribution is 6.04. The molecule has 1 unspecified atom stereocenters. The smallest absolute Gasteiger partial charge is 0.290 e. The second-order valence-corrected chi connectivity index (χ2v) is 5.63. The van der Waals surface area contributed by atoms with Crippen LogP contribution < -0.4 is 16.0 Å². The van der Waals surface area contributed by atoms with Crippen molar-refractivity contribution in [1.82, 2.24) is 25.5 Å². The van der Waals surface area contributed by atoms with Gasteiger partial charge in [0.15, 0.2) is 17.7 Å². The Morgan fingerprint density at radius 3 is 2.77 bits per heavy atom. The molecule has 2 amide bonds. The first-order chi connectivity index (χ1) is 10.6. The van der Waals surface area contributed by atoms with E-state index in [0.717, 1.165) is 25.7 Å². The number of aryl methyl sites for hydroxylation is 1. The summed E-state index contributed by atoms with van der Waals surface area (Å²) < 4.78 is 1.73. The Morgan fingerprint density at radius 1 is 1.41 bits per heavy atom. The lowest BCUT2D eigenvalue weighted by atomic mass is 10.2. The summed E-state index contributed by atoms with van der Waals surface area (Å²) in [6.07, 6.45) is 6.69. The summed E-state index contributed by atoms with van der Waals surface area (Å²) in [6.45, 7) is 0. The van der Waals surface area contributed by atoms with Crippen molar-refractivity contribution < 1.29 is 14.7 Å². The summed E-state index contributed by atoms with van der Waals surface area (Å²) in [7, 11) is 1.78. The van der Waals surface area contributed by atoms with Crippen LogP contribution >= 0.6 is 0 Å². The SMILES string of the molecule is Cn1ccnc1C1NC(=O)C(O)=C(C(=O)NC2CCCC2)N1. The fraction of sp³-hybridized carbons (Fsp3) is 0.500. The molecule has 118 valence electrons. The molecule has 1 aliphatic carbocycles. The van der Waals surface area contributed by atoms with Crippen molar-refractivity contribution >= 4 is 11.8 Å². The lowest BCUT2D eigenvalue weighted by Gasteiger charge is -2.27. The van der Waals surface area contributed by atoms with Gasteiger partial charge in [0, 0.05) is 25.5 Å². The third-order valence-electron chi connectivity index (χ3n) is 4.05. The highest BCUT2D eigenvalue weighted by atomic mass is 16.3. The molecule has 8 nitrogen and oxygen atoms in total. The lowest BCUT2D eigenvalue weighted by molar-refractivity contribution is -0.125. The molecule has 0 radical (unpaired) electrons. The summed E-state index contributed by atoms with van der Waals surface area (Å²) in [6, 6.07) is 0.103. The largest absolute Gasteiger partial charge is 0.501 e. The molecule has 0 bridgehead atoms. The number of hydrogen-bond donors (Lipinski definition) is 4. The van der Waals surface area contributed by atoms with Crippen molar-refractivity contribution in [3.8, 4) is 0 Å². The first-order valence-electron chi connectivity index (χ1n) is 7.35. The van der Waals surface area contributed by atoms with Gasteiger partial charge in [-0.25, -0.2) is 4.98 Å². The maximum Gasteiger partial charge on any atom is 0.290 e. The Labute approximate surface area is 127 Å². The maximum absolute atomic E-state index is 12.3. The van der Waals surface area contributed by atoms with E-state index in [1.165, 1.54) is 0 Å². The highest BCUT2D eigenvalue weighted by Crippen LogP contribution is 2.20. The van der Waals surface area contributed by atoms with Gasteiger partial charge < -0.3 is 25.6 Å². The molecule has 1 fully saturated rings. The van der Waals surface area contributed by atoms with Crippen molar-refractivity contribution in [2.45, 2.75) is 37.9 Å². The number of nitrogens with one attached hydrogen (secondary N) is 3. The number of rotatable bonds is 3. The minimum atomic E-state index is -0.691. The van der Waals surface area contributed by atoms with E-state index in [9.17, 15) is 14.7 Å².